The first-order chi connectivity index (χ1) is 8.70. The summed E-state index contributed by atoms with van der Waals surface area (Å²) in [5.74, 6) is 0.355. The van der Waals surface area contributed by atoms with Gasteiger partial charge in [0.15, 0.2) is 0 Å². The third kappa shape index (κ3) is 1.95. The zero-order chi connectivity index (χ0) is 12.7. The molecule has 0 aliphatic carbocycles. The Morgan fingerprint density at radius 3 is 2.39 bits per heavy atom. The number of likely N-dealkylation sites (N-methyl/N-ethyl adjacent to an activating group) is 1. The fraction of sp³-hybridized carbons (Fsp3) is 0.929. The van der Waals surface area contributed by atoms with E-state index in [9.17, 15) is 4.79 Å². The van der Waals surface area contributed by atoms with E-state index in [1.807, 2.05) is 11.9 Å². The standard InChI is InChI=1S/C14H25N3O/c1-3-15-10-8-11-4-5-12(9-10)17(11)13-6-7-16(2)14(13)18/h10-13,15H,3-9H2,1-2H3. The molecule has 0 aromatic rings. The number of amides is 1. The Bertz CT molecular complexity index is 319. The molecule has 3 fully saturated rings. The summed E-state index contributed by atoms with van der Waals surface area (Å²) < 4.78 is 0. The van der Waals surface area contributed by atoms with Crippen LogP contribution in [-0.2, 0) is 4.79 Å². The molecule has 0 saturated carbocycles. The fourth-order valence-electron chi connectivity index (χ4n) is 4.26. The number of fused-ring (bicyclic) bond motifs is 2. The molecular weight excluding hydrogens is 226 g/mol. The second-order valence-corrected chi connectivity index (χ2v) is 6.12. The van der Waals surface area contributed by atoms with Gasteiger partial charge in [0.1, 0.15) is 0 Å². The SMILES string of the molecule is CCNC1CC2CCC(C1)N2C1CCN(C)C1=O. The summed E-state index contributed by atoms with van der Waals surface area (Å²) in [6.45, 7) is 4.19. The van der Waals surface area contributed by atoms with E-state index in [2.05, 4.69) is 17.1 Å². The number of nitrogens with zero attached hydrogens (tertiary/aromatic N) is 2. The molecule has 4 nitrogen and oxygen atoms in total. The maximum Gasteiger partial charge on any atom is 0.239 e. The van der Waals surface area contributed by atoms with Crippen LogP contribution in [0.2, 0.25) is 0 Å². The van der Waals surface area contributed by atoms with E-state index < -0.39 is 0 Å². The van der Waals surface area contributed by atoms with Crippen LogP contribution in [0.15, 0.2) is 0 Å². The number of hydrogen-bond donors (Lipinski definition) is 1. The van der Waals surface area contributed by atoms with E-state index in [4.69, 9.17) is 0 Å². The molecule has 1 amide bonds. The Balaban J connectivity index is 1.70. The van der Waals surface area contributed by atoms with Gasteiger partial charge in [-0.1, -0.05) is 6.92 Å². The van der Waals surface area contributed by atoms with Crippen LogP contribution in [-0.4, -0.2) is 60.0 Å². The summed E-state index contributed by atoms with van der Waals surface area (Å²) in [6.07, 6.45) is 6.09. The molecule has 3 atom stereocenters. The van der Waals surface area contributed by atoms with Crippen LogP contribution in [0.4, 0.5) is 0 Å². The summed E-state index contributed by atoms with van der Waals surface area (Å²) >= 11 is 0. The minimum Gasteiger partial charge on any atom is -0.344 e. The maximum atomic E-state index is 12.2. The highest BCUT2D eigenvalue weighted by Gasteiger charge is 2.47. The van der Waals surface area contributed by atoms with E-state index in [-0.39, 0.29) is 6.04 Å². The van der Waals surface area contributed by atoms with Crippen molar-refractivity contribution in [3.8, 4) is 0 Å². The van der Waals surface area contributed by atoms with Gasteiger partial charge in [0.25, 0.3) is 0 Å². The van der Waals surface area contributed by atoms with Crippen molar-refractivity contribution in [3.05, 3.63) is 0 Å². The quantitative estimate of drug-likeness (QED) is 0.807. The molecule has 1 N–H and O–H groups in total. The zero-order valence-corrected chi connectivity index (χ0v) is 11.6. The molecule has 102 valence electrons. The molecule has 4 heteroatoms. The Kier molecular flexibility index (Phi) is 3.32. The van der Waals surface area contributed by atoms with Crippen molar-refractivity contribution >= 4 is 5.91 Å². The molecule has 3 aliphatic heterocycles. The van der Waals surface area contributed by atoms with E-state index in [1.165, 1.54) is 25.7 Å². The lowest BCUT2D eigenvalue weighted by atomic mass is 9.95. The maximum absolute atomic E-state index is 12.2. The van der Waals surface area contributed by atoms with Gasteiger partial charge in [-0.05, 0) is 38.6 Å². The van der Waals surface area contributed by atoms with Crippen molar-refractivity contribution < 1.29 is 4.79 Å². The summed E-state index contributed by atoms with van der Waals surface area (Å²) in [7, 11) is 1.94. The molecule has 3 rings (SSSR count). The van der Waals surface area contributed by atoms with Crippen molar-refractivity contribution in [3.63, 3.8) is 0 Å². The number of hydrogen-bond acceptors (Lipinski definition) is 3. The Hall–Kier alpha value is -0.610. The number of carbonyl (C=O) groups is 1. The van der Waals surface area contributed by atoms with E-state index >= 15 is 0 Å². The second-order valence-electron chi connectivity index (χ2n) is 6.12. The molecule has 0 aromatic carbocycles. The molecule has 0 radical (unpaired) electrons. The first kappa shape index (κ1) is 12.4. The van der Waals surface area contributed by atoms with Crippen molar-refractivity contribution in [1.29, 1.82) is 0 Å². The lowest BCUT2D eigenvalue weighted by molar-refractivity contribution is -0.132. The lowest BCUT2D eigenvalue weighted by Crippen LogP contribution is -2.54. The average Bonchev–Trinajstić information content (AvgIpc) is 2.80. The number of carbonyl (C=O) groups excluding carboxylic acids is 1. The van der Waals surface area contributed by atoms with Gasteiger partial charge < -0.3 is 10.2 Å². The van der Waals surface area contributed by atoms with Gasteiger partial charge in [-0.3, -0.25) is 9.69 Å². The van der Waals surface area contributed by atoms with E-state index in [1.54, 1.807) is 0 Å². The highest BCUT2D eigenvalue weighted by Crippen LogP contribution is 2.39. The van der Waals surface area contributed by atoms with Gasteiger partial charge in [0.2, 0.25) is 5.91 Å². The molecule has 0 aromatic heterocycles. The van der Waals surface area contributed by atoms with Gasteiger partial charge in [-0.15, -0.1) is 0 Å². The molecule has 3 unspecified atom stereocenters. The monoisotopic (exact) mass is 251 g/mol. The number of rotatable bonds is 3. The molecular formula is C14H25N3O. The summed E-state index contributed by atoms with van der Waals surface area (Å²) in [5.41, 5.74) is 0. The lowest BCUT2D eigenvalue weighted by Gasteiger charge is -2.41. The molecule has 2 bridgehead atoms. The Morgan fingerprint density at radius 2 is 1.89 bits per heavy atom. The van der Waals surface area contributed by atoms with Crippen molar-refractivity contribution in [2.75, 3.05) is 20.1 Å². The number of nitrogens with one attached hydrogen (secondary N) is 1. The topological polar surface area (TPSA) is 35.6 Å². The van der Waals surface area contributed by atoms with Crippen molar-refractivity contribution in [1.82, 2.24) is 15.1 Å². The summed E-state index contributed by atoms with van der Waals surface area (Å²) in [5, 5.41) is 3.59. The van der Waals surface area contributed by atoms with Gasteiger partial charge >= 0.3 is 0 Å². The molecule has 0 spiro atoms. The first-order valence-corrected chi connectivity index (χ1v) is 7.46. The van der Waals surface area contributed by atoms with Crippen LogP contribution < -0.4 is 5.32 Å². The molecule has 18 heavy (non-hydrogen) atoms. The number of likely N-dealkylation sites (tertiary alicyclic amines) is 1. The third-order valence-electron chi connectivity index (χ3n) is 5.04. The largest absolute Gasteiger partial charge is 0.344 e. The zero-order valence-electron chi connectivity index (χ0n) is 11.6. The predicted molar refractivity (Wildman–Crippen MR) is 71.4 cm³/mol. The second kappa shape index (κ2) is 4.82. The van der Waals surface area contributed by atoms with Crippen molar-refractivity contribution in [2.24, 2.45) is 0 Å². The van der Waals surface area contributed by atoms with E-state index in [0.717, 1.165) is 19.5 Å². The smallest absolute Gasteiger partial charge is 0.239 e. The van der Waals surface area contributed by atoms with Crippen LogP contribution >= 0.6 is 0 Å². The fourth-order valence-corrected chi connectivity index (χ4v) is 4.26. The summed E-state index contributed by atoms with van der Waals surface area (Å²) in [4.78, 5) is 16.7. The third-order valence-corrected chi connectivity index (χ3v) is 5.04. The molecule has 3 aliphatic rings. The number of piperidine rings is 1. The molecule has 3 saturated heterocycles. The van der Waals surface area contributed by atoms with Gasteiger partial charge in [0.05, 0.1) is 6.04 Å². The normalized spacial score (nSPS) is 40.8. The minimum atomic E-state index is 0.190. The van der Waals surface area contributed by atoms with Crippen LogP contribution in [0.3, 0.4) is 0 Å². The average molecular weight is 251 g/mol. The van der Waals surface area contributed by atoms with Crippen molar-refractivity contribution in [2.45, 2.75) is 63.2 Å². The van der Waals surface area contributed by atoms with Crippen LogP contribution in [0.1, 0.15) is 39.0 Å². The highest BCUT2D eigenvalue weighted by atomic mass is 16.2. The Morgan fingerprint density at radius 1 is 1.22 bits per heavy atom. The van der Waals surface area contributed by atoms with Crippen LogP contribution in [0.25, 0.3) is 0 Å². The van der Waals surface area contributed by atoms with Gasteiger partial charge in [0, 0.05) is 31.7 Å². The summed E-state index contributed by atoms with van der Waals surface area (Å²) in [6, 6.07) is 2.16. The Labute approximate surface area is 110 Å². The van der Waals surface area contributed by atoms with Gasteiger partial charge in [-0.25, -0.2) is 0 Å². The molecule has 3 heterocycles. The first-order valence-electron chi connectivity index (χ1n) is 7.46. The minimum absolute atomic E-state index is 0.190. The van der Waals surface area contributed by atoms with E-state index in [0.29, 0.717) is 24.0 Å². The van der Waals surface area contributed by atoms with Gasteiger partial charge in [-0.2, -0.15) is 0 Å². The predicted octanol–water partition coefficient (Wildman–Crippen LogP) is 0.822. The van der Waals surface area contributed by atoms with Crippen LogP contribution in [0.5, 0.6) is 0 Å². The highest BCUT2D eigenvalue weighted by molar-refractivity contribution is 5.83. The van der Waals surface area contributed by atoms with Crippen LogP contribution in [0, 0.1) is 0 Å².